The Labute approximate surface area is 273 Å². The van der Waals surface area contributed by atoms with E-state index in [4.69, 9.17) is 0 Å². The van der Waals surface area contributed by atoms with E-state index in [0.717, 1.165) is 0 Å². The maximum Gasteiger partial charge on any atom is 0.235 e. The predicted octanol–water partition coefficient (Wildman–Crippen LogP) is 7.73. The van der Waals surface area contributed by atoms with Crippen LogP contribution in [-0.4, -0.2) is 12.9 Å². The van der Waals surface area contributed by atoms with Crippen LogP contribution in [0.4, 0.5) is 0 Å². The van der Waals surface area contributed by atoms with Crippen molar-refractivity contribution in [3.63, 3.8) is 0 Å². The molecule has 3 heteroatoms. The van der Waals surface area contributed by atoms with E-state index in [1.54, 1.807) is 0 Å². The molecule has 1 aliphatic carbocycles. The standard InChI is InChI=1S/C42H48B2N/c1-25-16-29(5)39(30(6)17-25)43(40-31(7)18-26(2)19-32(40)8)37-14-13-15-38(37)44(24-45,41-33(9)20-27(3)21-34(41)10)42-35(11)22-28(4)23-36(42)12/h13-23,38H,1-12H3/q-1. The molecule has 1 nitrogen and oxygen atoms in total. The van der Waals surface area contributed by atoms with Gasteiger partial charge in [-0.3, -0.25) is 0 Å². The molecule has 1 atom stereocenters. The lowest BCUT2D eigenvalue weighted by atomic mass is 9.09. The lowest BCUT2D eigenvalue weighted by Crippen LogP contribution is -2.65. The number of aryl methyl sites for hydroxylation is 12. The summed E-state index contributed by atoms with van der Waals surface area (Å²) < 4.78 is 0. The van der Waals surface area contributed by atoms with Gasteiger partial charge in [0.25, 0.3) is 0 Å². The van der Waals surface area contributed by atoms with E-state index in [1.165, 1.54) is 94.1 Å². The molecule has 0 N–H and O–H groups in total. The van der Waals surface area contributed by atoms with E-state index in [9.17, 15) is 5.26 Å². The number of allylic oxidation sites excluding steroid dienone is 4. The Bertz CT molecular complexity index is 1740. The third-order valence-electron chi connectivity index (χ3n) is 10.5. The topological polar surface area (TPSA) is 23.8 Å². The molecule has 0 heterocycles. The minimum atomic E-state index is -1.92. The van der Waals surface area contributed by atoms with Crippen LogP contribution < -0.4 is 21.9 Å². The molecule has 4 aromatic rings. The number of hydrogen-bond acceptors (Lipinski definition) is 1. The van der Waals surface area contributed by atoms with E-state index >= 15 is 0 Å². The molecular weight excluding hydrogens is 540 g/mol. The summed E-state index contributed by atoms with van der Waals surface area (Å²) in [4.78, 5) is 0. The molecule has 0 saturated heterocycles. The van der Waals surface area contributed by atoms with Gasteiger partial charge in [0, 0.05) is 0 Å². The molecular formula is C42H48B2N-. The van der Waals surface area contributed by atoms with Crippen molar-refractivity contribution in [2.75, 3.05) is 0 Å². The van der Waals surface area contributed by atoms with Crippen molar-refractivity contribution in [2.45, 2.75) is 88.9 Å². The van der Waals surface area contributed by atoms with Crippen molar-refractivity contribution in [2.24, 2.45) is 0 Å². The summed E-state index contributed by atoms with van der Waals surface area (Å²) in [5.41, 5.74) is 21.6. The van der Waals surface area contributed by atoms with E-state index in [0.29, 0.717) is 0 Å². The predicted molar refractivity (Wildman–Crippen MR) is 199 cm³/mol. The summed E-state index contributed by atoms with van der Waals surface area (Å²) >= 11 is 0. The molecule has 0 saturated carbocycles. The molecule has 0 aromatic heterocycles. The second kappa shape index (κ2) is 12.1. The van der Waals surface area contributed by atoms with Crippen LogP contribution in [-0.2, 0) is 0 Å². The van der Waals surface area contributed by atoms with Gasteiger partial charge in [0.1, 0.15) is 0 Å². The van der Waals surface area contributed by atoms with Gasteiger partial charge in [-0.1, -0.05) is 138 Å². The van der Waals surface area contributed by atoms with Crippen molar-refractivity contribution in [1.29, 1.82) is 5.26 Å². The van der Waals surface area contributed by atoms with Crippen LogP contribution in [0.1, 0.15) is 66.8 Å². The molecule has 0 fully saturated rings. The molecule has 45 heavy (non-hydrogen) atoms. The first-order chi connectivity index (χ1) is 21.2. The summed E-state index contributed by atoms with van der Waals surface area (Å²) in [6.45, 7) is 26.7. The smallest absolute Gasteiger partial charge is 0.235 e. The van der Waals surface area contributed by atoms with Gasteiger partial charge in [-0.2, -0.15) is 10.9 Å². The fraction of sp³-hybridized carbons (Fsp3) is 0.310. The zero-order valence-corrected chi connectivity index (χ0v) is 29.5. The summed E-state index contributed by atoms with van der Waals surface area (Å²) in [5, 5.41) is 11.8. The highest BCUT2D eigenvalue weighted by atomic mass is 14.3. The normalized spacial score (nSPS) is 14.5. The highest BCUT2D eigenvalue weighted by molar-refractivity contribution is 7.11. The Morgan fingerprint density at radius 1 is 0.511 bits per heavy atom. The lowest BCUT2D eigenvalue weighted by molar-refractivity contribution is 1.25. The molecule has 1 unspecified atom stereocenters. The zero-order valence-electron chi connectivity index (χ0n) is 29.5. The molecule has 1 aliphatic rings. The van der Waals surface area contributed by atoms with Crippen molar-refractivity contribution < 1.29 is 0 Å². The maximum atomic E-state index is 11.8. The average Bonchev–Trinajstić information content (AvgIpc) is 3.39. The number of benzene rings is 4. The highest BCUT2D eigenvalue weighted by Gasteiger charge is 2.45. The van der Waals surface area contributed by atoms with Crippen molar-refractivity contribution >= 4 is 34.7 Å². The monoisotopic (exact) mass is 588 g/mol. The van der Waals surface area contributed by atoms with Gasteiger partial charge in [0.2, 0.25) is 6.71 Å². The SMILES string of the molecule is Cc1cc(C)c(B(C2=CC=CC2[B-](C#N)(c2c(C)cc(C)cc2C)c2c(C)cc(C)cc2C)c2c(C)cc(C)cc2C)c(C)c1. The van der Waals surface area contributed by atoms with Crippen LogP contribution in [0.2, 0.25) is 5.82 Å². The molecule has 0 aliphatic heterocycles. The molecule has 0 spiro atoms. The third kappa shape index (κ3) is 5.44. The van der Waals surface area contributed by atoms with Gasteiger partial charge in [-0.25, -0.2) is 5.26 Å². The first-order valence-corrected chi connectivity index (χ1v) is 16.5. The quantitative estimate of drug-likeness (QED) is 0.212. The van der Waals surface area contributed by atoms with Gasteiger partial charge < -0.3 is 0 Å². The number of rotatable bonds is 6. The van der Waals surface area contributed by atoms with E-state index < -0.39 is 6.15 Å². The number of nitrogens with zero attached hydrogens (tertiary/aromatic N) is 1. The van der Waals surface area contributed by atoms with Crippen molar-refractivity contribution in [3.8, 4) is 5.97 Å². The minimum Gasteiger partial charge on any atom is -0.249 e. The highest BCUT2D eigenvalue weighted by Crippen LogP contribution is 2.39. The van der Waals surface area contributed by atoms with Gasteiger partial charge in [0.05, 0.1) is 0 Å². The maximum absolute atomic E-state index is 11.8. The second-order valence-electron chi connectivity index (χ2n) is 14.3. The second-order valence-corrected chi connectivity index (χ2v) is 14.3. The minimum absolute atomic E-state index is 0.0259. The number of nitriles is 1. The molecule has 5 rings (SSSR count). The zero-order chi connectivity index (χ0) is 33.0. The van der Waals surface area contributed by atoms with Crippen molar-refractivity contribution in [1.82, 2.24) is 0 Å². The van der Waals surface area contributed by atoms with E-state index in [2.05, 4.69) is 156 Å². The Morgan fingerprint density at radius 2 is 0.822 bits per heavy atom. The Morgan fingerprint density at radius 3 is 1.13 bits per heavy atom. The first kappa shape index (κ1) is 32.4. The van der Waals surface area contributed by atoms with Crippen LogP contribution in [0.3, 0.4) is 0 Å². The number of hydrogen-bond donors (Lipinski definition) is 0. The van der Waals surface area contributed by atoms with Gasteiger partial charge >= 0.3 is 0 Å². The molecule has 0 amide bonds. The third-order valence-corrected chi connectivity index (χ3v) is 10.5. The summed E-state index contributed by atoms with van der Waals surface area (Å²) in [5.74, 6) is 3.03. The van der Waals surface area contributed by atoms with Crippen LogP contribution >= 0.6 is 0 Å². The summed E-state index contributed by atoms with van der Waals surface area (Å²) in [7, 11) is 0. The average molecular weight is 588 g/mol. The Kier molecular flexibility index (Phi) is 8.67. The fourth-order valence-corrected chi connectivity index (χ4v) is 9.56. The van der Waals surface area contributed by atoms with Crippen LogP contribution in [0.25, 0.3) is 0 Å². The van der Waals surface area contributed by atoms with Crippen molar-refractivity contribution in [3.05, 3.63) is 139 Å². The largest absolute Gasteiger partial charge is 0.249 e. The van der Waals surface area contributed by atoms with Gasteiger partial charge in [-0.05, 0) is 83.1 Å². The summed E-state index contributed by atoms with van der Waals surface area (Å²) in [6, 6.07) is 18.4. The van der Waals surface area contributed by atoms with Gasteiger partial charge in [0.15, 0.2) is 6.15 Å². The Hall–Kier alpha value is -4.02. The first-order valence-electron chi connectivity index (χ1n) is 16.5. The molecule has 4 aromatic carbocycles. The van der Waals surface area contributed by atoms with E-state index in [1.807, 2.05) is 0 Å². The summed E-state index contributed by atoms with van der Waals surface area (Å²) in [6.07, 6.45) is 5.01. The van der Waals surface area contributed by atoms with E-state index in [-0.39, 0.29) is 12.5 Å². The molecule has 0 radical (unpaired) electrons. The Balaban J connectivity index is 1.93. The van der Waals surface area contributed by atoms with Crippen LogP contribution in [0.15, 0.2) is 72.2 Å². The molecule has 228 valence electrons. The molecule has 0 bridgehead atoms. The van der Waals surface area contributed by atoms with Crippen LogP contribution in [0.5, 0.6) is 0 Å². The lowest BCUT2D eigenvalue weighted by Gasteiger charge is -2.47. The van der Waals surface area contributed by atoms with Crippen LogP contribution in [0, 0.1) is 94.3 Å². The fourth-order valence-electron chi connectivity index (χ4n) is 9.56. The van der Waals surface area contributed by atoms with Gasteiger partial charge in [-0.15, -0.1) is 23.3 Å².